The normalized spacial score (nSPS) is 12.1. The SMILES string of the molecule is CCc1cccc(C)c1Sc1c(Cl)cnn1S(=O)(=O)N(C)C. The summed E-state index contributed by atoms with van der Waals surface area (Å²) in [6, 6.07) is 6.02. The second-order valence-corrected chi connectivity index (χ2v) is 8.33. The molecule has 0 radical (unpaired) electrons. The molecule has 2 aromatic rings. The first-order valence-corrected chi connectivity index (χ1v) is 9.31. The summed E-state index contributed by atoms with van der Waals surface area (Å²) in [7, 11) is -0.780. The van der Waals surface area contributed by atoms with Crippen molar-refractivity contribution in [3.8, 4) is 0 Å². The number of rotatable bonds is 5. The first-order chi connectivity index (χ1) is 10.3. The minimum Gasteiger partial charge on any atom is -0.189 e. The van der Waals surface area contributed by atoms with Crippen LogP contribution in [0.2, 0.25) is 5.02 Å². The van der Waals surface area contributed by atoms with Crippen LogP contribution in [0.4, 0.5) is 0 Å². The third kappa shape index (κ3) is 3.17. The van der Waals surface area contributed by atoms with Crippen molar-refractivity contribution in [2.45, 2.75) is 30.2 Å². The Balaban J connectivity index is 2.55. The van der Waals surface area contributed by atoms with Crippen molar-refractivity contribution in [1.29, 1.82) is 0 Å². The molecule has 8 heteroatoms. The lowest BCUT2D eigenvalue weighted by Gasteiger charge is -2.15. The predicted octanol–water partition coefficient (Wildman–Crippen LogP) is 3.21. The molecular formula is C14H18ClN3O2S2. The first kappa shape index (κ1) is 17.3. The van der Waals surface area contributed by atoms with E-state index in [0.717, 1.165) is 30.8 Å². The molecule has 0 amide bonds. The molecule has 1 heterocycles. The minimum atomic E-state index is -3.71. The highest BCUT2D eigenvalue weighted by molar-refractivity contribution is 8.00. The van der Waals surface area contributed by atoms with E-state index in [1.807, 2.05) is 25.1 Å². The maximum atomic E-state index is 12.4. The summed E-state index contributed by atoms with van der Waals surface area (Å²) in [5.74, 6) is 0. The lowest BCUT2D eigenvalue weighted by Crippen LogP contribution is -2.30. The molecule has 0 aliphatic carbocycles. The van der Waals surface area contributed by atoms with Gasteiger partial charge in [0, 0.05) is 19.0 Å². The van der Waals surface area contributed by atoms with Crippen molar-refractivity contribution >= 4 is 33.6 Å². The van der Waals surface area contributed by atoms with Crippen molar-refractivity contribution in [1.82, 2.24) is 13.5 Å². The third-order valence-corrected chi connectivity index (χ3v) is 6.72. The highest BCUT2D eigenvalue weighted by Gasteiger charge is 2.24. The zero-order valence-electron chi connectivity index (χ0n) is 12.9. The maximum absolute atomic E-state index is 12.4. The summed E-state index contributed by atoms with van der Waals surface area (Å²) in [4.78, 5) is 1.02. The van der Waals surface area contributed by atoms with Crippen LogP contribution in [0.3, 0.4) is 0 Å². The van der Waals surface area contributed by atoms with Gasteiger partial charge in [0.25, 0.3) is 0 Å². The Labute approximate surface area is 140 Å². The summed E-state index contributed by atoms with van der Waals surface area (Å²) < 4.78 is 26.8. The number of nitrogens with zero attached hydrogens (tertiary/aromatic N) is 3. The average molecular weight is 360 g/mol. The van der Waals surface area contributed by atoms with E-state index in [1.165, 1.54) is 32.1 Å². The highest BCUT2D eigenvalue weighted by atomic mass is 35.5. The molecule has 0 saturated heterocycles. The van der Waals surface area contributed by atoms with Gasteiger partial charge in [0.15, 0.2) is 0 Å². The average Bonchev–Trinajstić information content (AvgIpc) is 2.82. The Hall–Kier alpha value is -1.02. The van der Waals surface area contributed by atoms with Crippen LogP contribution in [0.25, 0.3) is 0 Å². The van der Waals surface area contributed by atoms with E-state index in [9.17, 15) is 8.42 Å². The van der Waals surface area contributed by atoms with Crippen molar-refractivity contribution in [3.63, 3.8) is 0 Å². The Kier molecular flexibility index (Phi) is 5.21. The third-order valence-electron chi connectivity index (χ3n) is 3.21. The molecule has 0 aliphatic heterocycles. The van der Waals surface area contributed by atoms with E-state index >= 15 is 0 Å². The van der Waals surface area contributed by atoms with E-state index < -0.39 is 10.2 Å². The molecule has 0 bridgehead atoms. The van der Waals surface area contributed by atoms with E-state index in [4.69, 9.17) is 11.6 Å². The Morgan fingerprint density at radius 3 is 2.64 bits per heavy atom. The van der Waals surface area contributed by atoms with Crippen LogP contribution < -0.4 is 0 Å². The van der Waals surface area contributed by atoms with E-state index in [2.05, 4.69) is 12.0 Å². The molecule has 0 aliphatic rings. The van der Waals surface area contributed by atoms with E-state index in [1.54, 1.807) is 0 Å². The monoisotopic (exact) mass is 359 g/mol. The summed E-state index contributed by atoms with van der Waals surface area (Å²) >= 11 is 7.50. The number of aromatic nitrogens is 2. The fraction of sp³-hybridized carbons (Fsp3) is 0.357. The van der Waals surface area contributed by atoms with Gasteiger partial charge in [-0.1, -0.05) is 48.5 Å². The van der Waals surface area contributed by atoms with Gasteiger partial charge in [-0.05, 0) is 24.5 Å². The molecule has 1 aromatic heterocycles. The number of hydrogen-bond donors (Lipinski definition) is 0. The van der Waals surface area contributed by atoms with Crippen molar-refractivity contribution in [3.05, 3.63) is 40.5 Å². The molecule has 0 N–H and O–H groups in total. The lowest BCUT2D eigenvalue weighted by molar-refractivity contribution is 0.498. The van der Waals surface area contributed by atoms with Crippen molar-refractivity contribution in [2.75, 3.05) is 14.1 Å². The number of hydrogen-bond acceptors (Lipinski definition) is 4. The predicted molar refractivity (Wildman–Crippen MR) is 89.9 cm³/mol. The van der Waals surface area contributed by atoms with Crippen LogP contribution in [0.15, 0.2) is 34.3 Å². The Morgan fingerprint density at radius 1 is 1.36 bits per heavy atom. The van der Waals surface area contributed by atoms with Crippen LogP contribution in [-0.4, -0.2) is 36.0 Å². The fourth-order valence-corrected chi connectivity index (χ4v) is 4.45. The van der Waals surface area contributed by atoms with Gasteiger partial charge in [0.05, 0.1) is 11.2 Å². The molecule has 0 fully saturated rings. The minimum absolute atomic E-state index is 0.320. The molecule has 120 valence electrons. The molecule has 0 spiro atoms. The molecular weight excluding hydrogens is 342 g/mol. The molecule has 0 saturated carbocycles. The van der Waals surface area contributed by atoms with Crippen LogP contribution in [0.1, 0.15) is 18.1 Å². The molecule has 1 aromatic carbocycles. The van der Waals surface area contributed by atoms with Gasteiger partial charge in [-0.25, -0.2) is 0 Å². The Morgan fingerprint density at radius 2 is 2.05 bits per heavy atom. The highest BCUT2D eigenvalue weighted by Crippen LogP contribution is 2.38. The molecule has 0 atom stereocenters. The van der Waals surface area contributed by atoms with Crippen molar-refractivity contribution < 1.29 is 8.42 Å². The summed E-state index contributed by atoms with van der Waals surface area (Å²) in [6.45, 7) is 4.06. The van der Waals surface area contributed by atoms with E-state index in [-0.39, 0.29) is 0 Å². The molecule has 0 unspecified atom stereocenters. The lowest BCUT2D eigenvalue weighted by atomic mass is 10.1. The van der Waals surface area contributed by atoms with Crippen LogP contribution >= 0.6 is 23.4 Å². The summed E-state index contributed by atoms with van der Waals surface area (Å²) in [5, 5.41) is 4.65. The van der Waals surface area contributed by atoms with Crippen LogP contribution in [0.5, 0.6) is 0 Å². The van der Waals surface area contributed by atoms with Crippen LogP contribution in [-0.2, 0) is 16.6 Å². The molecule has 5 nitrogen and oxygen atoms in total. The van der Waals surface area contributed by atoms with E-state index in [0.29, 0.717) is 10.0 Å². The number of halogens is 1. The smallest absolute Gasteiger partial charge is 0.189 e. The number of benzene rings is 1. The summed E-state index contributed by atoms with van der Waals surface area (Å²) in [6.07, 6.45) is 2.21. The summed E-state index contributed by atoms with van der Waals surface area (Å²) in [5.41, 5.74) is 2.23. The number of aryl methyl sites for hydroxylation is 2. The largest absolute Gasteiger partial charge is 0.323 e. The quantitative estimate of drug-likeness (QED) is 0.822. The maximum Gasteiger partial charge on any atom is 0.323 e. The van der Waals surface area contributed by atoms with Gasteiger partial charge in [-0.3, -0.25) is 0 Å². The van der Waals surface area contributed by atoms with Crippen molar-refractivity contribution in [2.24, 2.45) is 0 Å². The van der Waals surface area contributed by atoms with Gasteiger partial charge in [0.2, 0.25) is 0 Å². The fourth-order valence-electron chi connectivity index (χ4n) is 1.94. The second-order valence-electron chi connectivity index (χ2n) is 4.95. The van der Waals surface area contributed by atoms with Gasteiger partial charge >= 0.3 is 10.2 Å². The molecule has 2 rings (SSSR count). The van der Waals surface area contributed by atoms with Gasteiger partial charge in [-0.2, -0.15) is 17.8 Å². The standard InChI is InChI=1S/C14H18ClN3O2S2/c1-5-11-8-6-7-10(2)13(11)21-14-12(15)9-16-18(14)22(19,20)17(3)4/h6-9H,5H2,1-4H3. The van der Waals surface area contributed by atoms with Gasteiger partial charge in [-0.15, -0.1) is 4.09 Å². The van der Waals surface area contributed by atoms with Crippen LogP contribution in [0, 0.1) is 6.92 Å². The first-order valence-electron chi connectivity index (χ1n) is 6.72. The topological polar surface area (TPSA) is 55.2 Å². The van der Waals surface area contributed by atoms with Gasteiger partial charge < -0.3 is 0 Å². The zero-order valence-corrected chi connectivity index (χ0v) is 15.3. The zero-order chi connectivity index (χ0) is 16.5. The Bertz CT molecular complexity index is 785. The second kappa shape index (κ2) is 6.62. The molecule has 22 heavy (non-hydrogen) atoms. The van der Waals surface area contributed by atoms with Gasteiger partial charge in [0.1, 0.15) is 5.03 Å².